The number of sulfone groups is 1. The van der Waals surface area contributed by atoms with Crippen molar-refractivity contribution >= 4 is 21.3 Å². The van der Waals surface area contributed by atoms with E-state index in [1.165, 1.54) is 18.3 Å². The highest BCUT2D eigenvalue weighted by Gasteiger charge is 2.36. The van der Waals surface area contributed by atoms with Crippen molar-refractivity contribution in [1.82, 2.24) is 9.38 Å². The number of rotatable bonds is 6. The molecule has 2 N–H and O–H groups in total. The van der Waals surface area contributed by atoms with Crippen LogP contribution in [0.25, 0.3) is 5.52 Å². The van der Waals surface area contributed by atoms with Crippen molar-refractivity contribution in [1.29, 1.82) is 5.26 Å². The fourth-order valence-electron chi connectivity index (χ4n) is 3.97. The Morgan fingerprint density at radius 3 is 2.53 bits per heavy atom. The minimum absolute atomic E-state index is 0.0796. The van der Waals surface area contributed by atoms with Crippen molar-refractivity contribution in [3.05, 3.63) is 94.8 Å². The maximum absolute atomic E-state index is 13.8. The lowest BCUT2D eigenvalue weighted by molar-refractivity contribution is -0.136. The van der Waals surface area contributed by atoms with E-state index in [0.29, 0.717) is 33.6 Å². The molecular weight excluding hydrogens is 433 g/mol. The van der Waals surface area contributed by atoms with E-state index in [1.807, 2.05) is 6.07 Å². The van der Waals surface area contributed by atoms with Crippen LogP contribution < -0.4 is 0 Å². The normalized spacial score (nSPS) is 12.5. The number of nitriles is 1. The van der Waals surface area contributed by atoms with Gasteiger partial charge in [-0.2, -0.15) is 5.26 Å². The number of H-pyrrole nitrogens is 1. The number of nitrogens with zero attached hydrogens (tertiary/aromatic N) is 2. The van der Waals surface area contributed by atoms with Gasteiger partial charge in [0.1, 0.15) is 17.1 Å². The summed E-state index contributed by atoms with van der Waals surface area (Å²) in [6.07, 6.45) is 2.78. The second-order valence-corrected chi connectivity index (χ2v) is 9.38. The Kier molecular flexibility index (Phi) is 5.32. The number of aromatic nitrogens is 2. The van der Waals surface area contributed by atoms with Gasteiger partial charge in [0, 0.05) is 23.6 Å². The summed E-state index contributed by atoms with van der Waals surface area (Å²) in [4.78, 5) is 14.4. The van der Waals surface area contributed by atoms with Gasteiger partial charge in [-0.25, -0.2) is 12.8 Å². The zero-order valence-corrected chi connectivity index (χ0v) is 17.7. The van der Waals surface area contributed by atoms with Crippen LogP contribution in [0.4, 0.5) is 4.39 Å². The van der Waals surface area contributed by atoms with Gasteiger partial charge in [-0.1, -0.05) is 0 Å². The summed E-state index contributed by atoms with van der Waals surface area (Å²) in [5, 5.41) is 17.6. The Bertz CT molecular complexity index is 1460. The standard InChI is InChI=1S/C23H18FN3O4S/c1-14-18(11-21(28)29)20-9-4-15(12-25)13-27(20)22(14)23(19-3-2-10-26-19)32(30,31)17-7-5-16(24)6-8-17/h2-10,13,23,26H,11H2,1H3,(H,28,29). The van der Waals surface area contributed by atoms with E-state index in [2.05, 4.69) is 4.98 Å². The Labute approximate surface area is 183 Å². The molecule has 32 heavy (non-hydrogen) atoms. The molecule has 0 saturated carbocycles. The van der Waals surface area contributed by atoms with Gasteiger partial charge in [-0.15, -0.1) is 0 Å². The van der Waals surface area contributed by atoms with Crippen LogP contribution in [-0.4, -0.2) is 28.9 Å². The van der Waals surface area contributed by atoms with Crippen LogP contribution in [0.1, 0.15) is 33.3 Å². The van der Waals surface area contributed by atoms with Crippen LogP contribution in [0.2, 0.25) is 0 Å². The van der Waals surface area contributed by atoms with Crippen molar-refractivity contribution in [2.75, 3.05) is 0 Å². The van der Waals surface area contributed by atoms with Crippen molar-refractivity contribution in [3.63, 3.8) is 0 Å². The molecule has 0 spiro atoms. The summed E-state index contributed by atoms with van der Waals surface area (Å²) < 4.78 is 42.6. The number of carbonyl (C=O) groups is 1. The zero-order chi connectivity index (χ0) is 23.0. The predicted molar refractivity (Wildman–Crippen MR) is 114 cm³/mol. The van der Waals surface area contributed by atoms with E-state index in [-0.39, 0.29) is 11.3 Å². The third kappa shape index (κ3) is 3.55. The van der Waals surface area contributed by atoms with Crippen LogP contribution in [0.15, 0.2) is 65.8 Å². The van der Waals surface area contributed by atoms with Gasteiger partial charge >= 0.3 is 5.97 Å². The first-order valence-corrected chi connectivity index (χ1v) is 11.2. The van der Waals surface area contributed by atoms with Crippen LogP contribution in [0.5, 0.6) is 0 Å². The van der Waals surface area contributed by atoms with Crippen molar-refractivity contribution in [2.24, 2.45) is 0 Å². The third-order valence-corrected chi connectivity index (χ3v) is 7.44. The maximum Gasteiger partial charge on any atom is 0.307 e. The van der Waals surface area contributed by atoms with Crippen molar-refractivity contribution < 1.29 is 22.7 Å². The Balaban J connectivity index is 2.07. The molecule has 0 bridgehead atoms. The summed E-state index contributed by atoms with van der Waals surface area (Å²) in [6.45, 7) is 1.67. The molecule has 0 aliphatic carbocycles. The van der Waals surface area contributed by atoms with Gasteiger partial charge in [0.15, 0.2) is 9.84 Å². The van der Waals surface area contributed by atoms with E-state index in [4.69, 9.17) is 0 Å². The van der Waals surface area contributed by atoms with E-state index in [1.54, 1.807) is 41.8 Å². The topological polar surface area (TPSA) is 115 Å². The molecule has 162 valence electrons. The summed E-state index contributed by atoms with van der Waals surface area (Å²) >= 11 is 0. The minimum Gasteiger partial charge on any atom is -0.481 e. The molecular formula is C23H18FN3O4S. The SMILES string of the molecule is Cc1c(CC(=O)O)c2ccc(C#N)cn2c1C(c1ccc[nH]1)S(=O)(=O)c1ccc(F)cc1. The number of aromatic amines is 1. The molecule has 1 atom stereocenters. The number of nitrogens with one attached hydrogen (secondary N) is 1. The molecule has 1 unspecified atom stereocenters. The predicted octanol–water partition coefficient (Wildman–Crippen LogP) is 3.78. The monoisotopic (exact) mass is 451 g/mol. The number of hydrogen-bond donors (Lipinski definition) is 2. The summed E-state index contributed by atoms with van der Waals surface area (Å²) in [5.41, 5.74) is 2.43. The van der Waals surface area contributed by atoms with Gasteiger partial charge in [-0.05, 0) is 66.6 Å². The second-order valence-electron chi connectivity index (χ2n) is 7.35. The van der Waals surface area contributed by atoms with Crippen LogP contribution in [0, 0.1) is 24.1 Å². The lowest BCUT2D eigenvalue weighted by Gasteiger charge is -2.19. The number of aliphatic carboxylic acids is 1. The molecule has 4 aromatic rings. The Hall–Kier alpha value is -3.90. The van der Waals surface area contributed by atoms with Gasteiger partial charge < -0.3 is 14.5 Å². The molecule has 4 rings (SSSR count). The maximum atomic E-state index is 13.8. The third-order valence-electron chi connectivity index (χ3n) is 5.42. The first kappa shape index (κ1) is 21.3. The molecule has 0 amide bonds. The minimum atomic E-state index is -4.09. The van der Waals surface area contributed by atoms with Gasteiger partial charge in [0.05, 0.1) is 22.6 Å². The molecule has 0 radical (unpaired) electrons. The number of carboxylic acids is 1. The fraction of sp³-hybridized carbons (Fsp3) is 0.130. The smallest absolute Gasteiger partial charge is 0.307 e. The summed E-state index contributed by atoms with van der Waals surface area (Å²) in [5.74, 6) is -1.62. The highest BCUT2D eigenvalue weighted by Crippen LogP contribution is 2.39. The zero-order valence-electron chi connectivity index (χ0n) is 16.9. The largest absolute Gasteiger partial charge is 0.481 e. The fourth-order valence-corrected chi connectivity index (χ4v) is 5.82. The van der Waals surface area contributed by atoms with Gasteiger partial charge in [0.25, 0.3) is 0 Å². The molecule has 3 heterocycles. The van der Waals surface area contributed by atoms with E-state index < -0.39 is 26.9 Å². The molecule has 3 aromatic heterocycles. The average Bonchev–Trinajstić information content (AvgIpc) is 3.37. The lowest BCUT2D eigenvalue weighted by Crippen LogP contribution is -2.18. The summed E-state index contributed by atoms with van der Waals surface area (Å²) in [7, 11) is -4.09. The number of halogens is 1. The van der Waals surface area contributed by atoms with Gasteiger partial charge in [-0.3, -0.25) is 4.79 Å². The number of benzene rings is 1. The molecule has 1 aromatic carbocycles. The van der Waals surface area contributed by atoms with Crippen LogP contribution in [0.3, 0.4) is 0 Å². The van der Waals surface area contributed by atoms with E-state index in [0.717, 1.165) is 12.1 Å². The molecule has 7 nitrogen and oxygen atoms in total. The molecule has 0 aliphatic heterocycles. The number of fused-ring (bicyclic) bond motifs is 1. The first-order chi connectivity index (χ1) is 15.2. The first-order valence-electron chi connectivity index (χ1n) is 9.62. The van der Waals surface area contributed by atoms with Crippen LogP contribution >= 0.6 is 0 Å². The molecule has 9 heteroatoms. The van der Waals surface area contributed by atoms with E-state index in [9.17, 15) is 28.0 Å². The van der Waals surface area contributed by atoms with Crippen molar-refractivity contribution in [3.8, 4) is 6.07 Å². The highest BCUT2D eigenvalue weighted by molar-refractivity contribution is 7.91. The molecule has 0 fully saturated rings. The second kappa shape index (κ2) is 7.98. The highest BCUT2D eigenvalue weighted by atomic mass is 32.2. The number of pyridine rings is 1. The Morgan fingerprint density at radius 1 is 1.22 bits per heavy atom. The quantitative estimate of drug-likeness (QED) is 0.433. The molecule has 0 aliphatic rings. The average molecular weight is 451 g/mol. The lowest BCUT2D eigenvalue weighted by atomic mass is 10.1. The number of carboxylic acid groups (broad SMARTS) is 1. The number of hydrogen-bond acceptors (Lipinski definition) is 4. The van der Waals surface area contributed by atoms with E-state index >= 15 is 0 Å². The molecule has 0 saturated heterocycles. The van der Waals surface area contributed by atoms with Crippen LogP contribution in [-0.2, 0) is 21.1 Å². The summed E-state index contributed by atoms with van der Waals surface area (Å²) in [6, 6.07) is 13.0. The Morgan fingerprint density at radius 2 is 1.94 bits per heavy atom. The van der Waals surface area contributed by atoms with Crippen molar-refractivity contribution in [2.45, 2.75) is 23.5 Å². The van der Waals surface area contributed by atoms with Gasteiger partial charge in [0.2, 0.25) is 0 Å².